The molecule has 0 aliphatic heterocycles. The van der Waals surface area contributed by atoms with Gasteiger partial charge in [-0.3, -0.25) is 14.7 Å². The van der Waals surface area contributed by atoms with Gasteiger partial charge in [-0.2, -0.15) is 4.31 Å². The molecular weight excluding hydrogens is 552 g/mol. The predicted octanol–water partition coefficient (Wildman–Crippen LogP) is 5.50. The summed E-state index contributed by atoms with van der Waals surface area (Å²) in [5, 5.41) is 3.40. The molecule has 4 rings (SSSR count). The fourth-order valence-electron chi connectivity index (χ4n) is 4.06. The van der Waals surface area contributed by atoms with E-state index in [9.17, 15) is 13.2 Å². The van der Waals surface area contributed by atoms with Gasteiger partial charge in [0.05, 0.1) is 37.0 Å². The zero-order chi connectivity index (χ0) is 28.9. The maximum Gasteiger partial charge on any atom is 0.243 e. The highest BCUT2D eigenvalue weighted by Crippen LogP contribution is 2.27. The van der Waals surface area contributed by atoms with Gasteiger partial charge in [0.2, 0.25) is 21.9 Å². The van der Waals surface area contributed by atoms with Crippen LogP contribution in [0.2, 0.25) is 5.02 Å². The van der Waals surface area contributed by atoms with Gasteiger partial charge in [0.1, 0.15) is 11.5 Å². The fraction of sp³-hybridized carbons (Fsp3) is 0.241. The molecule has 0 atom stereocenters. The van der Waals surface area contributed by atoms with Gasteiger partial charge < -0.3 is 9.47 Å². The lowest BCUT2D eigenvalue weighted by Gasteiger charge is -2.23. The molecule has 1 heterocycles. The van der Waals surface area contributed by atoms with Crippen LogP contribution < -0.4 is 14.8 Å². The number of benzene rings is 3. The highest BCUT2D eigenvalue weighted by atomic mass is 35.5. The number of methoxy groups -OCH3 is 2. The Morgan fingerprint density at radius 1 is 1.00 bits per heavy atom. The number of ether oxygens (including phenoxy) is 2. The molecular formula is C29H31ClN4O5S. The fourth-order valence-corrected chi connectivity index (χ4v) is 5.75. The maximum absolute atomic E-state index is 13.5. The van der Waals surface area contributed by atoms with Crippen LogP contribution >= 0.6 is 11.6 Å². The molecule has 0 aliphatic carbocycles. The van der Waals surface area contributed by atoms with Crippen LogP contribution in [0.25, 0.3) is 16.9 Å². The van der Waals surface area contributed by atoms with Crippen LogP contribution in [0.4, 0.5) is 5.95 Å². The topological polar surface area (TPSA) is 103 Å². The van der Waals surface area contributed by atoms with Crippen LogP contribution in [-0.2, 0) is 14.8 Å². The third kappa shape index (κ3) is 6.82. The lowest BCUT2D eigenvalue weighted by molar-refractivity contribution is -0.116. The Bertz CT molecular complexity index is 1570. The minimum absolute atomic E-state index is 0.0175. The first-order valence-corrected chi connectivity index (χ1v) is 14.4. The normalized spacial score (nSPS) is 11.6. The van der Waals surface area contributed by atoms with E-state index >= 15 is 0 Å². The summed E-state index contributed by atoms with van der Waals surface area (Å²) in [6, 6.07) is 20.6. The van der Waals surface area contributed by atoms with Crippen LogP contribution in [0.1, 0.15) is 13.8 Å². The monoisotopic (exact) mass is 582 g/mol. The number of halogens is 1. The van der Waals surface area contributed by atoms with Gasteiger partial charge in [-0.25, -0.2) is 13.4 Å². The Labute approximate surface area is 239 Å². The minimum Gasteiger partial charge on any atom is -0.497 e. The zero-order valence-electron chi connectivity index (χ0n) is 22.7. The number of nitrogens with zero attached hydrogens (tertiary/aromatic N) is 3. The number of nitrogens with one attached hydrogen (secondary N) is 1. The van der Waals surface area contributed by atoms with Crippen LogP contribution in [0.3, 0.4) is 0 Å². The van der Waals surface area contributed by atoms with Gasteiger partial charge in [-0.05, 0) is 54.4 Å². The highest BCUT2D eigenvalue weighted by molar-refractivity contribution is 7.89. The Kier molecular flexibility index (Phi) is 9.14. The van der Waals surface area contributed by atoms with Crippen LogP contribution in [0, 0.1) is 5.92 Å². The van der Waals surface area contributed by atoms with E-state index in [4.69, 9.17) is 21.1 Å². The second kappa shape index (κ2) is 12.5. The summed E-state index contributed by atoms with van der Waals surface area (Å²) in [7, 11) is -0.883. The number of hydrogen-bond donors (Lipinski definition) is 1. The first-order chi connectivity index (χ1) is 19.1. The van der Waals surface area contributed by atoms with Crippen molar-refractivity contribution in [1.29, 1.82) is 0 Å². The molecule has 1 amide bonds. The van der Waals surface area contributed by atoms with Gasteiger partial charge >= 0.3 is 0 Å². The summed E-state index contributed by atoms with van der Waals surface area (Å²) in [6.45, 7) is 3.54. The molecule has 9 nitrogen and oxygen atoms in total. The first kappa shape index (κ1) is 29.1. The number of amides is 1. The van der Waals surface area contributed by atoms with Crippen LogP contribution in [-0.4, -0.2) is 55.5 Å². The Balaban J connectivity index is 1.66. The number of sulfonamides is 1. The average molecular weight is 583 g/mol. The second-order valence-electron chi connectivity index (χ2n) is 9.44. The van der Waals surface area contributed by atoms with Gasteiger partial charge in [-0.15, -0.1) is 0 Å². The lowest BCUT2D eigenvalue weighted by Crippen LogP contribution is -2.40. The molecule has 0 spiro atoms. The van der Waals surface area contributed by atoms with Crippen molar-refractivity contribution in [3.8, 4) is 28.4 Å². The molecule has 1 aromatic heterocycles. The molecule has 0 fully saturated rings. The molecule has 4 aromatic rings. The van der Waals surface area contributed by atoms with Gasteiger partial charge in [-0.1, -0.05) is 43.6 Å². The summed E-state index contributed by atoms with van der Waals surface area (Å²) in [5.74, 6) is 0.846. The van der Waals surface area contributed by atoms with Crippen molar-refractivity contribution >= 4 is 33.5 Å². The predicted molar refractivity (Wildman–Crippen MR) is 156 cm³/mol. The van der Waals surface area contributed by atoms with Crippen molar-refractivity contribution in [2.45, 2.75) is 18.7 Å². The molecule has 210 valence electrons. The number of carbonyl (C=O) groups is 1. The van der Waals surface area contributed by atoms with E-state index in [1.807, 2.05) is 50.2 Å². The number of hydrogen-bond acceptors (Lipinski definition) is 6. The molecule has 11 heteroatoms. The number of carbonyl (C=O) groups excluding carboxylic acids is 1. The number of imidazole rings is 1. The molecule has 0 saturated carbocycles. The molecule has 0 unspecified atom stereocenters. The molecule has 0 bridgehead atoms. The molecule has 40 heavy (non-hydrogen) atoms. The van der Waals surface area contributed by atoms with E-state index in [-0.39, 0.29) is 23.3 Å². The summed E-state index contributed by atoms with van der Waals surface area (Å²) >= 11 is 6.06. The number of rotatable bonds is 11. The Morgan fingerprint density at radius 3 is 2.30 bits per heavy atom. The van der Waals surface area contributed by atoms with Gasteiger partial charge in [0.15, 0.2) is 0 Å². The van der Waals surface area contributed by atoms with Crippen molar-refractivity contribution in [2.24, 2.45) is 5.92 Å². The first-order valence-electron chi connectivity index (χ1n) is 12.5. The average Bonchev–Trinajstić information content (AvgIpc) is 3.36. The lowest BCUT2D eigenvalue weighted by atomic mass is 10.2. The van der Waals surface area contributed by atoms with Crippen molar-refractivity contribution in [2.75, 3.05) is 32.6 Å². The molecule has 0 aliphatic rings. The van der Waals surface area contributed by atoms with Crippen molar-refractivity contribution in [3.63, 3.8) is 0 Å². The molecule has 3 aromatic carbocycles. The summed E-state index contributed by atoms with van der Waals surface area (Å²) in [6.07, 6.45) is 1.79. The Hall–Kier alpha value is -3.86. The number of anilines is 1. The van der Waals surface area contributed by atoms with Gasteiger partial charge in [0, 0.05) is 29.4 Å². The highest BCUT2D eigenvalue weighted by Gasteiger charge is 2.28. The largest absolute Gasteiger partial charge is 0.497 e. The third-order valence-electron chi connectivity index (χ3n) is 6.01. The third-order valence-corrected chi connectivity index (χ3v) is 8.09. The number of aromatic nitrogens is 2. The maximum atomic E-state index is 13.5. The van der Waals surface area contributed by atoms with E-state index in [2.05, 4.69) is 10.3 Å². The van der Waals surface area contributed by atoms with E-state index in [1.165, 1.54) is 23.5 Å². The summed E-state index contributed by atoms with van der Waals surface area (Å²) < 4.78 is 40.4. The standard InChI is InChI=1S/C29H31ClN4O5S/c1-20(2)17-33(40(36,37)26-14-12-24(38-3)13-15-26)19-28(35)32-29-31-27(21-8-10-22(30)11-9-21)18-34(29)23-6-5-7-25(16-23)39-4/h5-16,18,20H,17,19H2,1-4H3,(H,31,32,35). The van der Waals surface area contributed by atoms with E-state index < -0.39 is 22.5 Å². The molecule has 0 radical (unpaired) electrons. The van der Waals surface area contributed by atoms with E-state index in [1.54, 1.807) is 42.1 Å². The van der Waals surface area contributed by atoms with Crippen molar-refractivity contribution < 1.29 is 22.7 Å². The van der Waals surface area contributed by atoms with Crippen molar-refractivity contribution in [1.82, 2.24) is 13.9 Å². The zero-order valence-corrected chi connectivity index (χ0v) is 24.2. The van der Waals surface area contributed by atoms with Crippen LogP contribution in [0.15, 0.2) is 83.9 Å². The summed E-state index contributed by atoms with van der Waals surface area (Å²) in [4.78, 5) is 18.1. The second-order valence-corrected chi connectivity index (χ2v) is 11.8. The van der Waals surface area contributed by atoms with E-state index in [0.717, 1.165) is 5.56 Å². The van der Waals surface area contributed by atoms with Gasteiger partial charge in [0.25, 0.3) is 0 Å². The molecule has 1 N–H and O–H groups in total. The summed E-state index contributed by atoms with van der Waals surface area (Å²) in [5.41, 5.74) is 2.09. The SMILES string of the molecule is COc1ccc(S(=O)(=O)N(CC(=O)Nc2nc(-c3ccc(Cl)cc3)cn2-c2cccc(OC)c2)CC(C)C)cc1. The Morgan fingerprint density at radius 2 is 1.68 bits per heavy atom. The van der Waals surface area contributed by atoms with Crippen molar-refractivity contribution in [3.05, 3.63) is 84.0 Å². The quantitative estimate of drug-likeness (QED) is 0.251. The smallest absolute Gasteiger partial charge is 0.243 e. The van der Waals surface area contributed by atoms with Crippen LogP contribution in [0.5, 0.6) is 11.5 Å². The van der Waals surface area contributed by atoms with E-state index in [0.29, 0.717) is 27.9 Å². The molecule has 0 saturated heterocycles. The minimum atomic E-state index is -3.96.